The van der Waals surface area contributed by atoms with E-state index in [1.54, 1.807) is 12.1 Å². The molecule has 0 unspecified atom stereocenters. The molecule has 70 valence electrons. The fourth-order valence-electron chi connectivity index (χ4n) is 1.16. The van der Waals surface area contributed by atoms with E-state index >= 15 is 0 Å². The van der Waals surface area contributed by atoms with Crippen LogP contribution in [0.1, 0.15) is 13.8 Å². The van der Waals surface area contributed by atoms with Crippen molar-refractivity contribution in [3.8, 4) is 0 Å². The third-order valence-corrected chi connectivity index (χ3v) is 1.68. The minimum Gasteiger partial charge on any atom is -0.423 e. The van der Waals surface area contributed by atoms with Gasteiger partial charge in [-0.1, -0.05) is 18.2 Å². The Morgan fingerprint density at radius 3 is 2.38 bits per heavy atom. The molecular formula is C9H14BNO2. The standard InChI is InChI=1S/C9H14BNO2/c1-7(2)11-9-6-4-3-5-8(9)10(12)13/h3-7,11-13H,1-2H3. The quantitative estimate of drug-likeness (QED) is 0.580. The lowest BCUT2D eigenvalue weighted by molar-refractivity contribution is 0.426. The zero-order valence-corrected chi connectivity index (χ0v) is 7.86. The highest BCUT2D eigenvalue weighted by Gasteiger charge is 2.15. The molecule has 4 heteroatoms. The van der Waals surface area contributed by atoms with Crippen LogP contribution < -0.4 is 10.8 Å². The Labute approximate surface area is 78.6 Å². The molecule has 13 heavy (non-hydrogen) atoms. The van der Waals surface area contributed by atoms with Gasteiger partial charge in [0.15, 0.2) is 0 Å². The molecule has 1 aromatic rings. The number of anilines is 1. The Hall–Kier alpha value is -0.995. The SMILES string of the molecule is CC(C)Nc1ccccc1B(O)O. The summed E-state index contributed by atoms with van der Waals surface area (Å²) >= 11 is 0. The van der Waals surface area contributed by atoms with E-state index in [1.807, 2.05) is 26.0 Å². The van der Waals surface area contributed by atoms with Crippen LogP contribution in [0.15, 0.2) is 24.3 Å². The van der Waals surface area contributed by atoms with Gasteiger partial charge in [-0.05, 0) is 19.9 Å². The van der Waals surface area contributed by atoms with E-state index < -0.39 is 7.12 Å². The highest BCUT2D eigenvalue weighted by molar-refractivity contribution is 6.60. The molecule has 0 aliphatic rings. The molecule has 0 fully saturated rings. The summed E-state index contributed by atoms with van der Waals surface area (Å²) in [7, 11) is -1.41. The monoisotopic (exact) mass is 179 g/mol. The summed E-state index contributed by atoms with van der Waals surface area (Å²) in [6, 6.07) is 7.43. The van der Waals surface area contributed by atoms with Gasteiger partial charge in [-0.3, -0.25) is 0 Å². The Morgan fingerprint density at radius 2 is 1.85 bits per heavy atom. The molecule has 0 spiro atoms. The van der Waals surface area contributed by atoms with Crippen LogP contribution in [-0.4, -0.2) is 23.2 Å². The molecule has 0 amide bonds. The summed E-state index contributed by atoms with van der Waals surface area (Å²) in [4.78, 5) is 0. The second kappa shape index (κ2) is 4.30. The first kappa shape index (κ1) is 10.1. The van der Waals surface area contributed by atoms with E-state index in [1.165, 1.54) is 0 Å². The minimum absolute atomic E-state index is 0.278. The summed E-state index contributed by atoms with van der Waals surface area (Å²) in [5.41, 5.74) is 1.28. The third kappa shape index (κ3) is 2.75. The molecule has 0 aliphatic heterocycles. The van der Waals surface area contributed by atoms with E-state index in [4.69, 9.17) is 10.0 Å². The number of benzene rings is 1. The zero-order chi connectivity index (χ0) is 9.84. The molecule has 0 saturated heterocycles. The van der Waals surface area contributed by atoms with E-state index in [0.29, 0.717) is 5.46 Å². The molecule has 1 aromatic carbocycles. The van der Waals surface area contributed by atoms with Gasteiger partial charge in [0.2, 0.25) is 0 Å². The van der Waals surface area contributed by atoms with Crippen LogP contribution >= 0.6 is 0 Å². The molecule has 0 bridgehead atoms. The topological polar surface area (TPSA) is 52.5 Å². The van der Waals surface area contributed by atoms with Crippen molar-refractivity contribution in [2.24, 2.45) is 0 Å². The van der Waals surface area contributed by atoms with Crippen molar-refractivity contribution in [1.82, 2.24) is 0 Å². The van der Waals surface area contributed by atoms with Gasteiger partial charge in [0, 0.05) is 17.2 Å². The highest BCUT2D eigenvalue weighted by Crippen LogP contribution is 2.05. The van der Waals surface area contributed by atoms with Gasteiger partial charge in [-0.25, -0.2) is 0 Å². The number of hydrogen-bond donors (Lipinski definition) is 3. The summed E-state index contributed by atoms with van der Waals surface area (Å²) in [6.07, 6.45) is 0. The molecule has 1 rings (SSSR count). The summed E-state index contributed by atoms with van der Waals surface area (Å²) in [5, 5.41) is 21.2. The maximum absolute atomic E-state index is 9.03. The maximum atomic E-state index is 9.03. The van der Waals surface area contributed by atoms with Gasteiger partial charge in [-0.2, -0.15) is 0 Å². The predicted octanol–water partition coefficient (Wildman–Crippen LogP) is 0.187. The normalized spacial score (nSPS) is 10.2. The highest BCUT2D eigenvalue weighted by atomic mass is 16.4. The smallest absolute Gasteiger partial charge is 0.423 e. The molecule has 3 N–H and O–H groups in total. The Bertz CT molecular complexity index is 276. The molecule has 0 heterocycles. The lowest BCUT2D eigenvalue weighted by atomic mass is 9.79. The summed E-state index contributed by atoms with van der Waals surface area (Å²) in [5.74, 6) is 0. The van der Waals surface area contributed by atoms with Gasteiger partial charge in [0.1, 0.15) is 0 Å². The second-order valence-corrected chi connectivity index (χ2v) is 3.26. The number of nitrogens with one attached hydrogen (secondary N) is 1. The molecule has 0 radical (unpaired) electrons. The van der Waals surface area contributed by atoms with Crippen molar-refractivity contribution < 1.29 is 10.0 Å². The molecule has 0 atom stereocenters. The fraction of sp³-hybridized carbons (Fsp3) is 0.333. The van der Waals surface area contributed by atoms with Crippen LogP contribution in [0.3, 0.4) is 0 Å². The van der Waals surface area contributed by atoms with E-state index in [0.717, 1.165) is 5.69 Å². The largest absolute Gasteiger partial charge is 0.490 e. The van der Waals surface area contributed by atoms with Crippen molar-refractivity contribution in [2.45, 2.75) is 19.9 Å². The first-order valence-electron chi connectivity index (χ1n) is 4.33. The summed E-state index contributed by atoms with van der Waals surface area (Å²) in [6.45, 7) is 4.00. The number of hydrogen-bond acceptors (Lipinski definition) is 3. The van der Waals surface area contributed by atoms with Gasteiger partial charge < -0.3 is 15.4 Å². The van der Waals surface area contributed by atoms with Gasteiger partial charge >= 0.3 is 7.12 Å². The predicted molar refractivity (Wildman–Crippen MR) is 55.0 cm³/mol. The summed E-state index contributed by atoms with van der Waals surface area (Å²) < 4.78 is 0. The van der Waals surface area contributed by atoms with Crippen LogP contribution in [0.4, 0.5) is 5.69 Å². The molecule has 0 aliphatic carbocycles. The average molecular weight is 179 g/mol. The van der Waals surface area contributed by atoms with Gasteiger partial charge in [-0.15, -0.1) is 0 Å². The van der Waals surface area contributed by atoms with Crippen molar-refractivity contribution in [3.63, 3.8) is 0 Å². The van der Waals surface area contributed by atoms with Crippen LogP contribution in [0.2, 0.25) is 0 Å². The Balaban J connectivity index is 2.91. The van der Waals surface area contributed by atoms with Crippen LogP contribution in [0.25, 0.3) is 0 Å². The van der Waals surface area contributed by atoms with Gasteiger partial charge in [0.05, 0.1) is 0 Å². The van der Waals surface area contributed by atoms with Crippen molar-refractivity contribution in [3.05, 3.63) is 24.3 Å². The zero-order valence-electron chi connectivity index (χ0n) is 7.86. The average Bonchev–Trinajstić information content (AvgIpc) is 2.03. The molecule has 0 aromatic heterocycles. The van der Waals surface area contributed by atoms with Gasteiger partial charge in [0.25, 0.3) is 0 Å². The maximum Gasteiger partial charge on any atom is 0.490 e. The fourth-order valence-corrected chi connectivity index (χ4v) is 1.16. The third-order valence-electron chi connectivity index (χ3n) is 1.68. The van der Waals surface area contributed by atoms with Crippen LogP contribution in [0.5, 0.6) is 0 Å². The second-order valence-electron chi connectivity index (χ2n) is 3.26. The van der Waals surface area contributed by atoms with E-state index in [-0.39, 0.29) is 6.04 Å². The Morgan fingerprint density at radius 1 is 1.23 bits per heavy atom. The first-order valence-corrected chi connectivity index (χ1v) is 4.33. The van der Waals surface area contributed by atoms with Crippen LogP contribution in [0, 0.1) is 0 Å². The molecular weight excluding hydrogens is 165 g/mol. The van der Waals surface area contributed by atoms with Crippen molar-refractivity contribution >= 4 is 18.3 Å². The minimum atomic E-state index is -1.41. The number of para-hydroxylation sites is 1. The number of rotatable bonds is 3. The van der Waals surface area contributed by atoms with Crippen LogP contribution in [-0.2, 0) is 0 Å². The Kier molecular flexibility index (Phi) is 3.34. The van der Waals surface area contributed by atoms with Crippen molar-refractivity contribution in [1.29, 1.82) is 0 Å². The first-order chi connectivity index (χ1) is 6.11. The van der Waals surface area contributed by atoms with E-state index in [2.05, 4.69) is 5.32 Å². The lowest BCUT2D eigenvalue weighted by Crippen LogP contribution is -2.33. The van der Waals surface area contributed by atoms with E-state index in [9.17, 15) is 0 Å². The lowest BCUT2D eigenvalue weighted by Gasteiger charge is -2.13. The molecule has 3 nitrogen and oxygen atoms in total. The molecule has 0 saturated carbocycles. The van der Waals surface area contributed by atoms with Crippen molar-refractivity contribution in [2.75, 3.05) is 5.32 Å².